The van der Waals surface area contributed by atoms with Gasteiger partial charge in [-0.1, -0.05) is 52.7 Å². The summed E-state index contributed by atoms with van der Waals surface area (Å²) >= 11 is 0. The van der Waals surface area contributed by atoms with Gasteiger partial charge in [0.1, 0.15) is 5.75 Å². The van der Waals surface area contributed by atoms with Gasteiger partial charge in [-0.2, -0.15) is 0 Å². The molecule has 0 saturated heterocycles. The van der Waals surface area contributed by atoms with Gasteiger partial charge in [0.05, 0.1) is 6.61 Å². The molecule has 0 aliphatic carbocycles. The Bertz CT molecular complexity index is 354. The Morgan fingerprint density at radius 1 is 0.905 bits per heavy atom. The van der Waals surface area contributed by atoms with Crippen molar-refractivity contribution in [3.05, 3.63) is 29.8 Å². The highest BCUT2D eigenvalue weighted by molar-refractivity contribution is 5.29. The van der Waals surface area contributed by atoms with E-state index in [1.54, 1.807) is 0 Å². The van der Waals surface area contributed by atoms with Gasteiger partial charge in [0.15, 0.2) is 0 Å². The summed E-state index contributed by atoms with van der Waals surface area (Å²) in [5.41, 5.74) is 1.40. The Kier molecular flexibility index (Phi) is 9.16. The predicted octanol–water partition coefficient (Wildman–Crippen LogP) is 5.34. The van der Waals surface area contributed by atoms with E-state index >= 15 is 0 Å². The fourth-order valence-electron chi connectivity index (χ4n) is 2.99. The maximum absolute atomic E-state index is 5.68. The number of hydrogen-bond acceptors (Lipinski definition) is 2. The van der Waals surface area contributed by atoms with Crippen LogP contribution in [0, 0.1) is 5.92 Å². The van der Waals surface area contributed by atoms with Crippen LogP contribution in [0.1, 0.15) is 71.4 Å². The minimum atomic E-state index is 0.468. The van der Waals surface area contributed by atoms with Crippen LogP contribution in [0.25, 0.3) is 0 Å². The first-order chi connectivity index (χ1) is 10.3. The molecule has 1 rings (SSSR count). The van der Waals surface area contributed by atoms with Crippen LogP contribution in [0.15, 0.2) is 24.3 Å². The maximum Gasteiger partial charge on any atom is 0.119 e. The molecule has 0 radical (unpaired) electrons. The number of nitrogens with one attached hydrogen (secondary N) is 1. The predicted molar refractivity (Wildman–Crippen MR) is 92.0 cm³/mol. The highest BCUT2D eigenvalue weighted by Gasteiger charge is 2.21. The van der Waals surface area contributed by atoms with Gasteiger partial charge in [-0.15, -0.1) is 0 Å². The molecule has 1 N–H and O–H groups in total. The lowest BCUT2D eigenvalue weighted by Gasteiger charge is -2.28. The molecule has 1 atom stereocenters. The summed E-state index contributed by atoms with van der Waals surface area (Å²) in [6.07, 6.45) is 6.14. The molecule has 1 aromatic carbocycles. The van der Waals surface area contributed by atoms with E-state index in [1.807, 2.05) is 0 Å². The zero-order chi connectivity index (χ0) is 15.5. The molecule has 2 heteroatoms. The third-order valence-corrected chi connectivity index (χ3v) is 3.93. The number of ether oxygens (including phenoxy) is 1. The van der Waals surface area contributed by atoms with Crippen LogP contribution < -0.4 is 10.1 Å². The van der Waals surface area contributed by atoms with Gasteiger partial charge in [0, 0.05) is 6.04 Å². The molecule has 0 fully saturated rings. The summed E-state index contributed by atoms with van der Waals surface area (Å²) in [6, 6.07) is 9.16. The first-order valence-corrected chi connectivity index (χ1v) is 8.72. The van der Waals surface area contributed by atoms with Crippen molar-refractivity contribution in [1.29, 1.82) is 0 Å². The highest BCUT2D eigenvalue weighted by atomic mass is 16.5. The van der Waals surface area contributed by atoms with Crippen LogP contribution in [-0.2, 0) is 0 Å². The number of hydrogen-bond donors (Lipinski definition) is 1. The van der Waals surface area contributed by atoms with E-state index in [1.165, 1.54) is 31.2 Å². The van der Waals surface area contributed by atoms with Crippen molar-refractivity contribution in [1.82, 2.24) is 5.32 Å². The summed E-state index contributed by atoms with van der Waals surface area (Å²) in [4.78, 5) is 0. The fourth-order valence-corrected chi connectivity index (χ4v) is 2.99. The molecular weight excluding hydrogens is 258 g/mol. The second kappa shape index (κ2) is 10.7. The van der Waals surface area contributed by atoms with Crippen LogP contribution in [-0.4, -0.2) is 13.2 Å². The Hall–Kier alpha value is -1.02. The molecule has 0 saturated carbocycles. The minimum Gasteiger partial charge on any atom is -0.494 e. The van der Waals surface area contributed by atoms with Crippen molar-refractivity contribution in [3.63, 3.8) is 0 Å². The van der Waals surface area contributed by atoms with Crippen LogP contribution in [0.3, 0.4) is 0 Å². The topological polar surface area (TPSA) is 21.3 Å². The molecule has 1 aromatic rings. The summed E-state index contributed by atoms with van der Waals surface area (Å²) in [5, 5.41) is 3.69. The van der Waals surface area contributed by atoms with Crippen molar-refractivity contribution in [2.75, 3.05) is 13.2 Å². The van der Waals surface area contributed by atoms with Crippen LogP contribution in [0.2, 0.25) is 0 Å². The number of rotatable bonds is 11. The first kappa shape index (κ1) is 18.0. The maximum atomic E-state index is 5.68. The molecule has 2 nitrogen and oxygen atoms in total. The fraction of sp³-hybridized carbons (Fsp3) is 0.684. The lowest BCUT2D eigenvalue weighted by molar-refractivity contribution is 0.313. The van der Waals surface area contributed by atoms with Crippen molar-refractivity contribution in [2.24, 2.45) is 5.92 Å². The van der Waals surface area contributed by atoms with E-state index in [4.69, 9.17) is 4.74 Å². The molecule has 0 heterocycles. The average Bonchev–Trinajstić information content (AvgIpc) is 2.51. The van der Waals surface area contributed by atoms with Gasteiger partial charge in [-0.05, 0) is 49.4 Å². The van der Waals surface area contributed by atoms with Crippen LogP contribution >= 0.6 is 0 Å². The van der Waals surface area contributed by atoms with E-state index in [2.05, 4.69) is 57.3 Å². The molecule has 0 spiro atoms. The quantitative estimate of drug-likeness (QED) is 0.594. The molecule has 0 aliphatic rings. The van der Waals surface area contributed by atoms with Gasteiger partial charge >= 0.3 is 0 Å². The third kappa shape index (κ3) is 6.09. The van der Waals surface area contributed by atoms with Gasteiger partial charge < -0.3 is 10.1 Å². The highest BCUT2D eigenvalue weighted by Crippen LogP contribution is 2.30. The zero-order valence-corrected chi connectivity index (χ0v) is 14.3. The molecular formula is C19H33NO. The van der Waals surface area contributed by atoms with Gasteiger partial charge in [-0.25, -0.2) is 0 Å². The van der Waals surface area contributed by atoms with Crippen molar-refractivity contribution >= 4 is 0 Å². The zero-order valence-electron chi connectivity index (χ0n) is 14.3. The smallest absolute Gasteiger partial charge is 0.119 e. The Labute approximate surface area is 131 Å². The van der Waals surface area contributed by atoms with Gasteiger partial charge in [0.25, 0.3) is 0 Å². The van der Waals surface area contributed by atoms with Crippen LogP contribution in [0.4, 0.5) is 0 Å². The molecule has 120 valence electrons. The first-order valence-electron chi connectivity index (χ1n) is 8.72. The lowest BCUT2D eigenvalue weighted by atomic mass is 9.86. The van der Waals surface area contributed by atoms with E-state index in [0.717, 1.165) is 31.2 Å². The summed E-state index contributed by atoms with van der Waals surface area (Å²) < 4.78 is 5.68. The average molecular weight is 291 g/mol. The normalized spacial score (nSPS) is 12.6. The third-order valence-electron chi connectivity index (χ3n) is 3.93. The molecule has 0 aliphatic heterocycles. The van der Waals surface area contributed by atoms with Gasteiger partial charge in [0.2, 0.25) is 0 Å². The monoisotopic (exact) mass is 291 g/mol. The SMILES string of the molecule is CCCOc1ccc(C(NCC)C(CCC)CCC)cc1. The Morgan fingerprint density at radius 3 is 2.00 bits per heavy atom. The van der Waals surface area contributed by atoms with E-state index in [-0.39, 0.29) is 0 Å². The van der Waals surface area contributed by atoms with Crippen molar-refractivity contribution in [3.8, 4) is 5.75 Å². The number of benzene rings is 1. The Balaban J connectivity index is 2.82. The molecule has 1 unspecified atom stereocenters. The molecule has 0 aromatic heterocycles. The summed E-state index contributed by atoms with van der Waals surface area (Å²) in [5.74, 6) is 1.71. The molecule has 21 heavy (non-hydrogen) atoms. The summed E-state index contributed by atoms with van der Waals surface area (Å²) in [7, 11) is 0. The van der Waals surface area contributed by atoms with E-state index < -0.39 is 0 Å². The standard InChI is InChI=1S/C19H33NO/c1-5-9-16(10-6-2)19(20-8-4)17-11-13-18(14-12-17)21-15-7-3/h11-14,16,19-20H,5-10,15H2,1-4H3. The summed E-state index contributed by atoms with van der Waals surface area (Å²) in [6.45, 7) is 10.7. The minimum absolute atomic E-state index is 0.468. The molecule has 0 amide bonds. The van der Waals surface area contributed by atoms with E-state index in [0.29, 0.717) is 6.04 Å². The molecule has 0 bridgehead atoms. The second-order valence-electron chi connectivity index (χ2n) is 5.79. The lowest BCUT2D eigenvalue weighted by Crippen LogP contribution is -2.28. The Morgan fingerprint density at radius 2 is 1.52 bits per heavy atom. The van der Waals surface area contributed by atoms with Crippen molar-refractivity contribution < 1.29 is 4.74 Å². The van der Waals surface area contributed by atoms with E-state index in [9.17, 15) is 0 Å². The van der Waals surface area contributed by atoms with Crippen LogP contribution in [0.5, 0.6) is 5.75 Å². The van der Waals surface area contributed by atoms with Crippen molar-refractivity contribution in [2.45, 2.75) is 65.8 Å². The largest absolute Gasteiger partial charge is 0.494 e. The van der Waals surface area contributed by atoms with Gasteiger partial charge in [-0.3, -0.25) is 0 Å². The second-order valence-corrected chi connectivity index (χ2v) is 5.79.